The molecule has 198 valence electrons. The van der Waals surface area contributed by atoms with Crippen molar-refractivity contribution in [2.45, 2.75) is 79.2 Å². The quantitative estimate of drug-likeness (QED) is 0.168. The lowest BCUT2D eigenvalue weighted by molar-refractivity contribution is 0.0950. The van der Waals surface area contributed by atoms with Crippen LogP contribution in [0.15, 0.2) is 72.1 Å². The van der Waals surface area contributed by atoms with E-state index in [2.05, 4.69) is 46.7 Å². The number of amides is 1. The molecule has 0 fully saturated rings. The number of carbonyl (C=O) groups is 1. The van der Waals surface area contributed by atoms with Gasteiger partial charge in [-0.1, -0.05) is 78.6 Å². The van der Waals surface area contributed by atoms with Crippen molar-refractivity contribution in [1.29, 1.82) is 0 Å². The van der Waals surface area contributed by atoms with E-state index in [0.717, 1.165) is 24.8 Å². The summed E-state index contributed by atoms with van der Waals surface area (Å²) in [6.07, 6.45) is 14.3. The SMILES string of the molecule is C=C(/C=C\C(=C/C)CC)CNC(=O)c1nn(C(C)(C)C)c(O/C(=C/C=C\CCC)C(=C)C(F)P)c1C. The zero-order valence-corrected chi connectivity index (χ0v) is 24.1. The van der Waals surface area contributed by atoms with Crippen LogP contribution in [0.3, 0.4) is 0 Å². The molecule has 1 rings (SSSR count). The summed E-state index contributed by atoms with van der Waals surface area (Å²) < 4.78 is 22.0. The van der Waals surface area contributed by atoms with E-state index in [1.807, 2.05) is 58.1 Å². The number of hydrogen-bond donors (Lipinski definition) is 1. The monoisotopic (exact) mass is 515 g/mol. The molecule has 1 aromatic rings. The van der Waals surface area contributed by atoms with E-state index in [9.17, 15) is 9.18 Å². The molecule has 0 spiro atoms. The van der Waals surface area contributed by atoms with E-state index < -0.39 is 11.5 Å². The van der Waals surface area contributed by atoms with Gasteiger partial charge in [0.1, 0.15) is 11.7 Å². The first-order valence-electron chi connectivity index (χ1n) is 12.4. The summed E-state index contributed by atoms with van der Waals surface area (Å²) in [5.41, 5.74) is 2.46. The third kappa shape index (κ3) is 9.39. The van der Waals surface area contributed by atoms with Gasteiger partial charge in [-0.15, -0.1) is 0 Å². The fraction of sp³-hybridized carbons (Fsp3) is 0.448. The number of nitrogens with zero attached hydrogens (tertiary/aromatic N) is 2. The van der Waals surface area contributed by atoms with Crippen LogP contribution in [-0.4, -0.2) is 28.1 Å². The molecular weight excluding hydrogens is 472 g/mol. The number of allylic oxidation sites excluding steroid dienone is 7. The summed E-state index contributed by atoms with van der Waals surface area (Å²) in [5.74, 6) is -1.06. The van der Waals surface area contributed by atoms with Crippen LogP contribution in [0.4, 0.5) is 4.39 Å². The van der Waals surface area contributed by atoms with Crippen molar-refractivity contribution in [2.24, 2.45) is 0 Å². The van der Waals surface area contributed by atoms with Crippen molar-refractivity contribution in [3.05, 3.63) is 83.3 Å². The maximum absolute atomic E-state index is 14.1. The summed E-state index contributed by atoms with van der Waals surface area (Å²) in [7, 11) is 2.09. The minimum atomic E-state index is -1.38. The molecule has 0 aliphatic rings. The van der Waals surface area contributed by atoms with Crippen molar-refractivity contribution in [2.75, 3.05) is 6.54 Å². The Labute approximate surface area is 219 Å². The predicted octanol–water partition coefficient (Wildman–Crippen LogP) is 7.49. The molecule has 0 saturated heterocycles. The first-order valence-corrected chi connectivity index (χ1v) is 13.1. The molecular formula is C29H43FN3O2P. The Kier molecular flexibility index (Phi) is 12.8. The highest BCUT2D eigenvalue weighted by molar-refractivity contribution is 7.17. The zero-order valence-electron chi connectivity index (χ0n) is 23.0. The number of nitrogens with one attached hydrogen (secondary N) is 1. The summed E-state index contributed by atoms with van der Waals surface area (Å²) in [6.45, 7) is 22.0. The average molecular weight is 516 g/mol. The van der Waals surface area contributed by atoms with Crippen LogP contribution in [0, 0.1) is 6.92 Å². The molecule has 36 heavy (non-hydrogen) atoms. The molecule has 2 unspecified atom stereocenters. The molecule has 0 aliphatic heterocycles. The van der Waals surface area contributed by atoms with Gasteiger partial charge in [0.25, 0.3) is 5.91 Å². The van der Waals surface area contributed by atoms with E-state index in [4.69, 9.17) is 4.74 Å². The lowest BCUT2D eigenvalue weighted by Crippen LogP contribution is -2.28. The van der Waals surface area contributed by atoms with E-state index in [1.165, 1.54) is 5.57 Å². The zero-order chi connectivity index (χ0) is 27.5. The topological polar surface area (TPSA) is 56.2 Å². The Morgan fingerprint density at radius 3 is 2.47 bits per heavy atom. The second-order valence-corrected chi connectivity index (χ2v) is 10.1. The van der Waals surface area contributed by atoms with Gasteiger partial charge in [0.05, 0.1) is 5.54 Å². The summed E-state index contributed by atoms with van der Waals surface area (Å²) in [6, 6.07) is 0. The molecule has 0 bridgehead atoms. The first kappa shape index (κ1) is 31.3. The molecule has 0 saturated carbocycles. The number of aromatic nitrogens is 2. The molecule has 1 heterocycles. The third-order valence-electron chi connectivity index (χ3n) is 5.40. The van der Waals surface area contributed by atoms with Gasteiger partial charge in [-0.3, -0.25) is 4.79 Å². The standard InChI is InChI=1S/C29H43FN3O2P/c1-10-13-14-15-16-24(21(5)26(30)36)35-28-22(6)25(32-33(28)29(7,8)9)27(34)31-19-20(4)17-18-23(11-2)12-3/h11,14-18,26H,4-5,10,12-13,19,36H2,1-3,6-9H3,(H,31,34)/b15-14-,18-17-,23-11-,24-16+. The van der Waals surface area contributed by atoms with Crippen LogP contribution in [0.2, 0.25) is 0 Å². The second-order valence-electron chi connectivity index (χ2n) is 9.53. The molecule has 1 N–H and O–H groups in total. The minimum Gasteiger partial charge on any atom is -0.439 e. The molecule has 1 aromatic heterocycles. The molecule has 5 nitrogen and oxygen atoms in total. The Hall–Kier alpha value is -2.72. The van der Waals surface area contributed by atoms with Crippen LogP contribution in [-0.2, 0) is 5.54 Å². The Morgan fingerprint density at radius 2 is 1.94 bits per heavy atom. The molecule has 2 atom stereocenters. The Morgan fingerprint density at radius 1 is 1.28 bits per heavy atom. The van der Waals surface area contributed by atoms with Gasteiger partial charge in [-0.2, -0.15) is 5.10 Å². The summed E-state index contributed by atoms with van der Waals surface area (Å²) in [5, 5.41) is 7.46. The van der Waals surface area contributed by atoms with Gasteiger partial charge in [-0.05, 0) is 59.1 Å². The van der Waals surface area contributed by atoms with Gasteiger partial charge in [-0.25, -0.2) is 9.07 Å². The van der Waals surface area contributed by atoms with Crippen molar-refractivity contribution in [1.82, 2.24) is 15.1 Å². The highest BCUT2D eigenvalue weighted by atomic mass is 31.0. The van der Waals surface area contributed by atoms with E-state index in [0.29, 0.717) is 11.4 Å². The fourth-order valence-corrected chi connectivity index (χ4v) is 3.28. The van der Waals surface area contributed by atoms with Crippen molar-refractivity contribution < 1.29 is 13.9 Å². The van der Waals surface area contributed by atoms with Crippen LogP contribution in [0.5, 0.6) is 5.88 Å². The smallest absolute Gasteiger partial charge is 0.272 e. The number of hydrogen-bond acceptors (Lipinski definition) is 3. The summed E-state index contributed by atoms with van der Waals surface area (Å²) in [4.78, 5) is 13.1. The average Bonchev–Trinajstić information content (AvgIpc) is 3.15. The van der Waals surface area contributed by atoms with E-state index in [1.54, 1.807) is 17.7 Å². The van der Waals surface area contributed by atoms with E-state index >= 15 is 0 Å². The highest BCUT2D eigenvalue weighted by Gasteiger charge is 2.28. The Bertz CT molecular complexity index is 1050. The number of ether oxygens (including phenoxy) is 1. The molecule has 0 aliphatic carbocycles. The Balaban J connectivity index is 3.28. The molecule has 0 aromatic carbocycles. The van der Waals surface area contributed by atoms with Gasteiger partial charge < -0.3 is 10.1 Å². The van der Waals surface area contributed by atoms with Gasteiger partial charge in [0.15, 0.2) is 5.69 Å². The van der Waals surface area contributed by atoms with Gasteiger partial charge in [0, 0.05) is 17.7 Å². The number of halogens is 1. The lowest BCUT2D eigenvalue weighted by Gasteiger charge is -2.23. The summed E-state index contributed by atoms with van der Waals surface area (Å²) >= 11 is 0. The maximum atomic E-state index is 14.1. The lowest BCUT2D eigenvalue weighted by atomic mass is 10.1. The highest BCUT2D eigenvalue weighted by Crippen LogP contribution is 2.32. The van der Waals surface area contributed by atoms with Crippen molar-refractivity contribution >= 4 is 15.1 Å². The van der Waals surface area contributed by atoms with Crippen molar-refractivity contribution in [3.8, 4) is 5.88 Å². The van der Waals surface area contributed by atoms with Crippen LogP contribution in [0.25, 0.3) is 0 Å². The van der Waals surface area contributed by atoms with Crippen molar-refractivity contribution in [3.63, 3.8) is 0 Å². The fourth-order valence-electron chi connectivity index (χ4n) is 3.12. The predicted molar refractivity (Wildman–Crippen MR) is 153 cm³/mol. The molecule has 1 amide bonds. The van der Waals surface area contributed by atoms with Gasteiger partial charge >= 0.3 is 0 Å². The number of alkyl halides is 1. The third-order valence-corrected chi connectivity index (χ3v) is 5.80. The van der Waals surface area contributed by atoms with Crippen LogP contribution in [0.1, 0.15) is 76.9 Å². The van der Waals surface area contributed by atoms with Gasteiger partial charge in [0.2, 0.25) is 5.88 Å². The van der Waals surface area contributed by atoms with Crippen LogP contribution >= 0.6 is 9.24 Å². The number of unbranched alkanes of at least 4 members (excludes halogenated alkanes) is 1. The number of rotatable bonds is 13. The normalized spacial score (nSPS) is 13.9. The largest absolute Gasteiger partial charge is 0.439 e. The molecule has 0 radical (unpaired) electrons. The van der Waals surface area contributed by atoms with Crippen LogP contribution < -0.4 is 10.1 Å². The number of carbonyl (C=O) groups excluding carboxylic acids is 1. The molecule has 7 heteroatoms. The first-order chi connectivity index (χ1) is 16.9. The second kappa shape index (κ2) is 14.7. The maximum Gasteiger partial charge on any atom is 0.272 e. The minimum absolute atomic E-state index is 0.184. The van der Waals surface area contributed by atoms with E-state index in [-0.39, 0.29) is 29.5 Å².